The van der Waals surface area contributed by atoms with Gasteiger partial charge in [-0.05, 0) is 68.9 Å². The Bertz CT molecular complexity index is 1250. The van der Waals surface area contributed by atoms with Crippen LogP contribution in [0.2, 0.25) is 0 Å². The number of piperidine rings is 1. The fraction of sp³-hybridized carbons (Fsp3) is 0.464. The van der Waals surface area contributed by atoms with Crippen molar-refractivity contribution in [3.8, 4) is 17.3 Å². The molecule has 8 nitrogen and oxygen atoms in total. The van der Waals surface area contributed by atoms with Crippen LogP contribution in [0.1, 0.15) is 55.1 Å². The van der Waals surface area contributed by atoms with Crippen LogP contribution in [0, 0.1) is 11.3 Å². The second-order valence-corrected chi connectivity index (χ2v) is 10.8. The van der Waals surface area contributed by atoms with E-state index in [-0.39, 0.29) is 28.9 Å². The van der Waals surface area contributed by atoms with E-state index < -0.39 is 0 Å². The predicted octanol–water partition coefficient (Wildman–Crippen LogP) is 4.45. The summed E-state index contributed by atoms with van der Waals surface area (Å²) in [5.41, 5.74) is 1.42. The summed E-state index contributed by atoms with van der Waals surface area (Å²) in [6, 6.07) is 11.5. The number of benzene rings is 1. The van der Waals surface area contributed by atoms with Gasteiger partial charge in [-0.2, -0.15) is 5.10 Å². The lowest BCUT2D eigenvalue weighted by atomic mass is 9.64. The summed E-state index contributed by atoms with van der Waals surface area (Å²) >= 11 is 0. The molecule has 0 aliphatic carbocycles. The lowest BCUT2D eigenvalue weighted by Gasteiger charge is -2.54. The van der Waals surface area contributed by atoms with Crippen LogP contribution in [0.5, 0.6) is 11.5 Å². The Morgan fingerprint density at radius 1 is 1.17 bits per heavy atom. The first kappa shape index (κ1) is 23.0. The molecular weight excluding hydrogens is 456 g/mol. The van der Waals surface area contributed by atoms with E-state index in [9.17, 15) is 4.79 Å². The van der Waals surface area contributed by atoms with Crippen molar-refractivity contribution in [2.45, 2.75) is 44.8 Å². The molecule has 0 saturated carbocycles. The zero-order valence-corrected chi connectivity index (χ0v) is 21.0. The molecule has 8 heteroatoms. The third kappa shape index (κ3) is 3.93. The average Bonchev–Trinajstić information content (AvgIpc) is 3.44. The molecule has 0 radical (unpaired) electrons. The van der Waals surface area contributed by atoms with Crippen molar-refractivity contribution in [1.29, 1.82) is 0 Å². The van der Waals surface area contributed by atoms with E-state index in [1.54, 1.807) is 24.2 Å². The minimum absolute atomic E-state index is 0.0133. The maximum atomic E-state index is 13.2. The van der Waals surface area contributed by atoms with Gasteiger partial charge in [0.05, 0.1) is 25.4 Å². The van der Waals surface area contributed by atoms with E-state index in [4.69, 9.17) is 14.2 Å². The minimum Gasteiger partial charge on any atom is -0.497 e. The topological polar surface area (TPSA) is 78.7 Å². The highest BCUT2D eigenvalue weighted by molar-refractivity contribution is 5.94. The second kappa shape index (κ2) is 8.62. The highest BCUT2D eigenvalue weighted by Gasteiger charge is 2.53. The number of rotatable bonds is 3. The first-order valence-corrected chi connectivity index (χ1v) is 12.6. The largest absolute Gasteiger partial charge is 0.497 e. The number of hydrogen-bond donors (Lipinski definition) is 0. The zero-order valence-electron chi connectivity index (χ0n) is 21.0. The van der Waals surface area contributed by atoms with Crippen molar-refractivity contribution in [1.82, 2.24) is 19.7 Å². The van der Waals surface area contributed by atoms with E-state index in [0.717, 1.165) is 49.4 Å². The zero-order chi connectivity index (χ0) is 24.9. The van der Waals surface area contributed by atoms with Gasteiger partial charge in [0.2, 0.25) is 0 Å². The summed E-state index contributed by atoms with van der Waals surface area (Å²) < 4.78 is 20.2. The van der Waals surface area contributed by atoms with Gasteiger partial charge >= 0.3 is 0 Å². The summed E-state index contributed by atoms with van der Waals surface area (Å²) in [5.74, 6) is 2.61. The highest BCUT2D eigenvalue weighted by Crippen LogP contribution is 2.55. The molecule has 1 aromatic carbocycles. The SMILES string of the molecule is COc1ccc2c(c1)OC(C)(C)[C@H]1CC3(CCN(C(=O)c4ccc(-n5cccn5)nc4)CC3)CO[C@H]21. The molecule has 188 valence electrons. The lowest BCUT2D eigenvalue weighted by molar-refractivity contribution is -0.173. The molecule has 3 aromatic rings. The van der Waals surface area contributed by atoms with Crippen LogP contribution in [-0.4, -0.2) is 58.0 Å². The number of hydrogen-bond acceptors (Lipinski definition) is 6. The number of pyridine rings is 1. The minimum atomic E-state index is -0.355. The Morgan fingerprint density at radius 3 is 2.69 bits per heavy atom. The number of fused-ring (bicyclic) bond motifs is 3. The molecule has 2 saturated heterocycles. The molecule has 2 aromatic heterocycles. The molecule has 6 rings (SSSR count). The molecule has 2 fully saturated rings. The fourth-order valence-corrected chi connectivity index (χ4v) is 6.02. The number of carbonyl (C=O) groups is 1. The molecule has 0 bridgehead atoms. The molecule has 0 N–H and O–H groups in total. The predicted molar refractivity (Wildman–Crippen MR) is 133 cm³/mol. The summed E-state index contributed by atoms with van der Waals surface area (Å²) in [6.07, 6.45) is 8.07. The first-order chi connectivity index (χ1) is 17.4. The Labute approximate surface area is 211 Å². The standard InChI is InChI=1S/C28H32N4O4/c1-27(2)22-16-28(18-35-25(22)21-7-6-20(34-3)15-23(21)36-27)9-13-31(14-10-28)26(33)19-5-8-24(29-17-19)32-12-4-11-30-32/h4-8,11-12,15,17,22,25H,9-10,13-14,16,18H2,1-3H3/t22-,25+/m0/s1. The fourth-order valence-electron chi connectivity index (χ4n) is 6.02. The summed E-state index contributed by atoms with van der Waals surface area (Å²) in [7, 11) is 1.67. The molecule has 5 heterocycles. The molecule has 3 aliphatic rings. The quantitative estimate of drug-likeness (QED) is 0.542. The van der Waals surface area contributed by atoms with Gasteiger partial charge in [0.1, 0.15) is 17.1 Å². The van der Waals surface area contributed by atoms with Crippen molar-refractivity contribution in [2.24, 2.45) is 11.3 Å². The van der Waals surface area contributed by atoms with E-state index in [0.29, 0.717) is 18.0 Å². The van der Waals surface area contributed by atoms with Crippen molar-refractivity contribution in [3.05, 3.63) is 66.1 Å². The Morgan fingerprint density at radius 2 is 2.00 bits per heavy atom. The van der Waals surface area contributed by atoms with Crippen LogP contribution in [0.15, 0.2) is 55.0 Å². The van der Waals surface area contributed by atoms with Crippen LogP contribution in [0.3, 0.4) is 0 Å². The van der Waals surface area contributed by atoms with Gasteiger partial charge in [-0.15, -0.1) is 0 Å². The molecule has 0 unspecified atom stereocenters. The van der Waals surface area contributed by atoms with Gasteiger partial charge in [-0.3, -0.25) is 4.79 Å². The van der Waals surface area contributed by atoms with Crippen molar-refractivity contribution >= 4 is 5.91 Å². The second-order valence-electron chi connectivity index (χ2n) is 10.8. The van der Waals surface area contributed by atoms with Gasteiger partial charge in [0.15, 0.2) is 5.82 Å². The number of methoxy groups -OCH3 is 1. The number of carbonyl (C=O) groups excluding carboxylic acids is 1. The maximum Gasteiger partial charge on any atom is 0.255 e. The molecule has 2 atom stereocenters. The number of amides is 1. The number of ether oxygens (including phenoxy) is 3. The lowest BCUT2D eigenvalue weighted by Crippen LogP contribution is -2.54. The normalized spacial score (nSPS) is 23.9. The number of aromatic nitrogens is 3. The number of nitrogens with zero attached hydrogens (tertiary/aromatic N) is 4. The van der Waals surface area contributed by atoms with Gasteiger partial charge in [0, 0.05) is 49.2 Å². The number of likely N-dealkylation sites (tertiary alicyclic amines) is 1. The van der Waals surface area contributed by atoms with Gasteiger partial charge in [0.25, 0.3) is 5.91 Å². The van der Waals surface area contributed by atoms with Gasteiger partial charge in [-0.1, -0.05) is 0 Å². The van der Waals surface area contributed by atoms with E-state index in [1.165, 1.54) is 0 Å². The monoisotopic (exact) mass is 488 g/mol. The first-order valence-electron chi connectivity index (χ1n) is 12.6. The van der Waals surface area contributed by atoms with E-state index >= 15 is 0 Å². The molecule has 3 aliphatic heterocycles. The van der Waals surface area contributed by atoms with Crippen LogP contribution in [0.25, 0.3) is 5.82 Å². The van der Waals surface area contributed by atoms with E-state index in [1.807, 2.05) is 41.4 Å². The summed E-state index contributed by atoms with van der Waals surface area (Å²) in [5, 5.41) is 4.19. The summed E-state index contributed by atoms with van der Waals surface area (Å²) in [4.78, 5) is 19.6. The third-order valence-electron chi connectivity index (χ3n) is 8.23. The van der Waals surface area contributed by atoms with E-state index in [2.05, 4.69) is 30.0 Å². The van der Waals surface area contributed by atoms with Crippen LogP contribution >= 0.6 is 0 Å². The molecule has 36 heavy (non-hydrogen) atoms. The van der Waals surface area contributed by atoms with Crippen molar-refractivity contribution in [3.63, 3.8) is 0 Å². The van der Waals surface area contributed by atoms with Crippen molar-refractivity contribution in [2.75, 3.05) is 26.8 Å². The Balaban J connectivity index is 1.14. The average molecular weight is 489 g/mol. The smallest absolute Gasteiger partial charge is 0.255 e. The van der Waals surface area contributed by atoms with Gasteiger partial charge in [-0.25, -0.2) is 9.67 Å². The highest BCUT2D eigenvalue weighted by atomic mass is 16.5. The summed E-state index contributed by atoms with van der Waals surface area (Å²) in [6.45, 7) is 6.46. The van der Waals surface area contributed by atoms with Crippen molar-refractivity contribution < 1.29 is 19.0 Å². The van der Waals surface area contributed by atoms with Crippen LogP contribution in [-0.2, 0) is 4.74 Å². The van der Waals surface area contributed by atoms with Crippen LogP contribution < -0.4 is 9.47 Å². The molecule has 1 amide bonds. The third-order valence-corrected chi connectivity index (χ3v) is 8.23. The Hall–Kier alpha value is -3.39. The maximum absolute atomic E-state index is 13.2. The Kier molecular flexibility index (Phi) is 5.52. The van der Waals surface area contributed by atoms with Crippen LogP contribution in [0.4, 0.5) is 0 Å². The van der Waals surface area contributed by atoms with Gasteiger partial charge < -0.3 is 19.1 Å². The molecular formula is C28H32N4O4. The molecule has 1 spiro atoms.